The van der Waals surface area contributed by atoms with Crippen LogP contribution in [0.1, 0.15) is 11.3 Å². The molecule has 0 saturated carbocycles. The molecule has 0 fully saturated rings. The van der Waals surface area contributed by atoms with Gasteiger partial charge in [-0.25, -0.2) is 0 Å². The van der Waals surface area contributed by atoms with Crippen LogP contribution in [0.15, 0.2) is 22.6 Å². The first-order valence-electron chi connectivity index (χ1n) is 5.15. The fourth-order valence-corrected chi connectivity index (χ4v) is 2.11. The van der Waals surface area contributed by atoms with E-state index in [0.717, 1.165) is 36.2 Å². The second-order valence-electron chi connectivity index (χ2n) is 3.87. The summed E-state index contributed by atoms with van der Waals surface area (Å²) in [6, 6.07) is 4.78. The molecule has 0 atom stereocenters. The monoisotopic (exact) mass is 254 g/mol. The number of halogens is 1. The van der Waals surface area contributed by atoms with Crippen molar-refractivity contribution in [2.24, 2.45) is 0 Å². The zero-order valence-corrected chi connectivity index (χ0v) is 9.75. The molecule has 0 radical (unpaired) electrons. The van der Waals surface area contributed by atoms with Crippen molar-refractivity contribution < 1.29 is 9.34 Å². The Balaban J connectivity index is 0.00000108. The molecule has 1 N–H and O–H groups in total. The number of furan rings is 1. The molecule has 0 saturated heterocycles. The van der Waals surface area contributed by atoms with Gasteiger partial charge in [0.25, 0.3) is 5.69 Å². The highest BCUT2D eigenvalue weighted by molar-refractivity contribution is 5.85. The molecule has 1 aliphatic rings. The van der Waals surface area contributed by atoms with Crippen LogP contribution < -0.4 is 5.32 Å². The van der Waals surface area contributed by atoms with Gasteiger partial charge < -0.3 is 9.73 Å². The molecule has 1 aromatic heterocycles. The highest BCUT2D eigenvalue weighted by atomic mass is 35.5. The molecule has 0 amide bonds. The van der Waals surface area contributed by atoms with Gasteiger partial charge in [0, 0.05) is 36.5 Å². The van der Waals surface area contributed by atoms with Crippen LogP contribution >= 0.6 is 12.4 Å². The summed E-state index contributed by atoms with van der Waals surface area (Å²) in [6.07, 6.45) is 0.845. The lowest BCUT2D eigenvalue weighted by Gasteiger charge is -2.10. The minimum atomic E-state index is -0.404. The first kappa shape index (κ1) is 11.9. The van der Waals surface area contributed by atoms with Crippen LogP contribution in [0.5, 0.6) is 0 Å². The fraction of sp³-hybridized carbons (Fsp3) is 0.273. The number of rotatable bonds is 1. The van der Waals surface area contributed by atoms with Gasteiger partial charge in [-0.05, 0) is 6.07 Å². The Kier molecular flexibility index (Phi) is 3.04. The molecular formula is C11H11ClN2O3. The normalized spacial score (nSPS) is 14.1. The highest BCUT2D eigenvalue weighted by Gasteiger charge is 2.19. The quantitative estimate of drug-likeness (QED) is 0.627. The standard InChI is InChI=1S/C11H10N2O3.ClH/c14-13(15)7-1-2-8-9-6-12-4-3-10(9)16-11(8)5-7;/h1-2,5,12H,3-4,6H2;1H. The van der Waals surface area contributed by atoms with Crippen LogP contribution in [0.2, 0.25) is 0 Å². The summed E-state index contributed by atoms with van der Waals surface area (Å²) in [5.74, 6) is 0.953. The Morgan fingerprint density at radius 3 is 3.00 bits per heavy atom. The molecule has 0 aliphatic carbocycles. The van der Waals surface area contributed by atoms with Crippen molar-refractivity contribution >= 4 is 29.1 Å². The molecule has 17 heavy (non-hydrogen) atoms. The van der Waals surface area contributed by atoms with Crippen molar-refractivity contribution in [2.75, 3.05) is 6.54 Å². The predicted molar refractivity (Wildman–Crippen MR) is 65.5 cm³/mol. The number of fused-ring (bicyclic) bond motifs is 3. The molecule has 0 spiro atoms. The summed E-state index contributed by atoms with van der Waals surface area (Å²) in [7, 11) is 0. The molecule has 2 aromatic rings. The van der Waals surface area contributed by atoms with E-state index in [1.165, 1.54) is 12.1 Å². The number of benzene rings is 1. The topological polar surface area (TPSA) is 68.3 Å². The zero-order valence-electron chi connectivity index (χ0n) is 8.93. The predicted octanol–water partition coefficient (Wildman–Crippen LogP) is 2.41. The second-order valence-corrected chi connectivity index (χ2v) is 3.87. The third kappa shape index (κ3) is 1.87. The molecule has 6 heteroatoms. The third-order valence-electron chi connectivity index (χ3n) is 2.90. The molecule has 0 unspecified atom stereocenters. The molecule has 2 heterocycles. The molecule has 90 valence electrons. The van der Waals surface area contributed by atoms with Crippen molar-refractivity contribution in [1.82, 2.24) is 5.32 Å². The van der Waals surface area contributed by atoms with E-state index >= 15 is 0 Å². The van der Waals surface area contributed by atoms with Crippen molar-refractivity contribution in [2.45, 2.75) is 13.0 Å². The first-order chi connectivity index (χ1) is 7.75. The first-order valence-corrected chi connectivity index (χ1v) is 5.15. The maximum absolute atomic E-state index is 10.6. The van der Waals surface area contributed by atoms with Gasteiger partial charge in [0.15, 0.2) is 0 Å². The van der Waals surface area contributed by atoms with Crippen molar-refractivity contribution in [3.05, 3.63) is 39.6 Å². The van der Waals surface area contributed by atoms with Gasteiger partial charge in [0.05, 0.1) is 11.0 Å². The summed E-state index contributed by atoms with van der Waals surface area (Å²) in [4.78, 5) is 10.2. The Hall–Kier alpha value is -1.59. The highest BCUT2D eigenvalue weighted by Crippen LogP contribution is 2.30. The lowest BCUT2D eigenvalue weighted by atomic mass is 10.1. The van der Waals surface area contributed by atoms with E-state index in [4.69, 9.17) is 4.42 Å². The molecule has 3 rings (SSSR count). The molecule has 5 nitrogen and oxygen atoms in total. The molecular weight excluding hydrogens is 244 g/mol. The number of non-ortho nitro benzene ring substituents is 1. The van der Waals surface area contributed by atoms with Crippen LogP contribution in [0.4, 0.5) is 5.69 Å². The van der Waals surface area contributed by atoms with E-state index in [2.05, 4.69) is 5.32 Å². The lowest BCUT2D eigenvalue weighted by molar-refractivity contribution is -0.384. The average molecular weight is 255 g/mol. The van der Waals surface area contributed by atoms with Crippen LogP contribution in [-0.4, -0.2) is 11.5 Å². The van der Waals surface area contributed by atoms with Crippen LogP contribution in [0, 0.1) is 10.1 Å². The summed E-state index contributed by atoms with van der Waals surface area (Å²) >= 11 is 0. The average Bonchev–Trinajstić information content (AvgIpc) is 2.66. The van der Waals surface area contributed by atoms with Gasteiger partial charge >= 0.3 is 0 Å². The van der Waals surface area contributed by atoms with Gasteiger partial charge in [-0.2, -0.15) is 0 Å². The van der Waals surface area contributed by atoms with Crippen LogP contribution in [0.3, 0.4) is 0 Å². The van der Waals surface area contributed by atoms with Crippen molar-refractivity contribution in [1.29, 1.82) is 0 Å². The number of nitrogens with one attached hydrogen (secondary N) is 1. The van der Waals surface area contributed by atoms with Gasteiger partial charge in [-0.15, -0.1) is 12.4 Å². The van der Waals surface area contributed by atoms with Crippen LogP contribution in [-0.2, 0) is 13.0 Å². The van der Waals surface area contributed by atoms with Crippen molar-refractivity contribution in [3.8, 4) is 0 Å². The van der Waals surface area contributed by atoms with Gasteiger partial charge in [0.1, 0.15) is 11.3 Å². The second kappa shape index (κ2) is 4.35. The third-order valence-corrected chi connectivity index (χ3v) is 2.90. The SMILES string of the molecule is Cl.O=[N+]([O-])c1ccc2c3c(oc2c1)CCNC3. The zero-order chi connectivity index (χ0) is 11.1. The van der Waals surface area contributed by atoms with Gasteiger partial charge in [-0.3, -0.25) is 10.1 Å². The van der Waals surface area contributed by atoms with Crippen molar-refractivity contribution in [3.63, 3.8) is 0 Å². The van der Waals surface area contributed by atoms with Gasteiger partial charge in [-0.1, -0.05) is 0 Å². The molecule has 0 bridgehead atoms. The lowest BCUT2D eigenvalue weighted by Crippen LogP contribution is -2.22. The molecule has 1 aromatic carbocycles. The Morgan fingerprint density at radius 1 is 1.41 bits per heavy atom. The van der Waals surface area contributed by atoms with E-state index in [1.807, 2.05) is 0 Å². The maximum atomic E-state index is 10.6. The largest absolute Gasteiger partial charge is 0.460 e. The summed E-state index contributed by atoms with van der Waals surface area (Å²) in [5, 5.41) is 14.9. The number of hydrogen-bond donors (Lipinski definition) is 1. The maximum Gasteiger partial charge on any atom is 0.273 e. The van der Waals surface area contributed by atoms with E-state index in [0.29, 0.717) is 5.58 Å². The fourth-order valence-electron chi connectivity index (χ4n) is 2.11. The Labute approximate surface area is 103 Å². The number of nitro benzene ring substituents is 1. The minimum absolute atomic E-state index is 0. The van der Waals surface area contributed by atoms with Crippen LogP contribution in [0.25, 0.3) is 11.0 Å². The van der Waals surface area contributed by atoms with E-state index in [9.17, 15) is 10.1 Å². The minimum Gasteiger partial charge on any atom is -0.460 e. The smallest absolute Gasteiger partial charge is 0.273 e. The van der Waals surface area contributed by atoms with E-state index < -0.39 is 4.92 Å². The summed E-state index contributed by atoms with van der Waals surface area (Å²) in [6.45, 7) is 1.68. The van der Waals surface area contributed by atoms with E-state index in [-0.39, 0.29) is 18.1 Å². The number of nitrogens with zero attached hydrogens (tertiary/aromatic N) is 1. The summed E-state index contributed by atoms with van der Waals surface area (Å²) < 4.78 is 5.64. The number of nitro groups is 1. The molecule has 1 aliphatic heterocycles. The van der Waals surface area contributed by atoms with E-state index in [1.54, 1.807) is 6.07 Å². The number of hydrogen-bond acceptors (Lipinski definition) is 4. The Morgan fingerprint density at radius 2 is 2.24 bits per heavy atom. The van der Waals surface area contributed by atoms with Gasteiger partial charge in [0.2, 0.25) is 0 Å². The Bertz CT molecular complexity index is 579. The summed E-state index contributed by atoms with van der Waals surface area (Å²) in [5.41, 5.74) is 1.82.